The first-order valence-corrected chi connectivity index (χ1v) is 8.39. The predicted octanol–water partition coefficient (Wildman–Crippen LogP) is 1.93. The minimum absolute atomic E-state index is 0.0565. The first-order chi connectivity index (χ1) is 10.5. The molecular formula is C15H15ClN2O3S. The van der Waals surface area contributed by atoms with Crippen molar-refractivity contribution in [3.05, 3.63) is 65.2 Å². The van der Waals surface area contributed by atoms with Gasteiger partial charge in [-0.25, -0.2) is 13.1 Å². The van der Waals surface area contributed by atoms with Crippen molar-refractivity contribution in [2.24, 2.45) is 0 Å². The van der Waals surface area contributed by atoms with Crippen LogP contribution < -0.4 is 10.0 Å². The number of nitrogens with one attached hydrogen (secondary N) is 2. The summed E-state index contributed by atoms with van der Waals surface area (Å²) in [6.07, 6.45) is 0. The van der Waals surface area contributed by atoms with Gasteiger partial charge in [-0.1, -0.05) is 41.9 Å². The summed E-state index contributed by atoms with van der Waals surface area (Å²) in [4.78, 5) is 11.8. The summed E-state index contributed by atoms with van der Waals surface area (Å²) in [6, 6.07) is 14.9. The van der Waals surface area contributed by atoms with Crippen LogP contribution in [0.25, 0.3) is 0 Å². The van der Waals surface area contributed by atoms with Crippen LogP contribution in [0.4, 0.5) is 0 Å². The molecule has 0 saturated carbocycles. The summed E-state index contributed by atoms with van der Waals surface area (Å²) >= 11 is 5.78. The largest absolute Gasteiger partial charge is 0.304 e. The molecule has 5 nitrogen and oxygen atoms in total. The Kier molecular flexibility index (Phi) is 5.54. The van der Waals surface area contributed by atoms with Crippen molar-refractivity contribution >= 4 is 27.5 Å². The Morgan fingerprint density at radius 1 is 1.00 bits per heavy atom. The summed E-state index contributed by atoms with van der Waals surface area (Å²) in [5.74, 6) is -0.613. The standard InChI is InChI=1S/C15H15ClN2O3S/c16-13-8-6-12(7-9-13)10-17-11-15(19)18-22(20,21)14-4-2-1-3-5-14/h1-9,17H,10-11H2,(H,18,19). The lowest BCUT2D eigenvalue weighted by atomic mass is 10.2. The van der Waals surface area contributed by atoms with E-state index in [0.29, 0.717) is 11.6 Å². The van der Waals surface area contributed by atoms with Crippen molar-refractivity contribution < 1.29 is 13.2 Å². The summed E-state index contributed by atoms with van der Waals surface area (Å²) in [5, 5.41) is 3.51. The molecule has 0 aliphatic heterocycles. The number of halogens is 1. The molecule has 0 unspecified atom stereocenters. The molecule has 2 aromatic rings. The Bertz CT molecular complexity index is 731. The number of hydrogen-bond donors (Lipinski definition) is 2. The van der Waals surface area contributed by atoms with E-state index in [1.165, 1.54) is 12.1 Å². The van der Waals surface area contributed by atoms with E-state index in [0.717, 1.165) is 5.56 Å². The van der Waals surface area contributed by atoms with E-state index in [4.69, 9.17) is 11.6 Å². The second-order valence-corrected chi connectivity index (χ2v) is 6.69. The highest BCUT2D eigenvalue weighted by Gasteiger charge is 2.16. The van der Waals surface area contributed by atoms with Gasteiger partial charge in [0.25, 0.3) is 10.0 Å². The van der Waals surface area contributed by atoms with Gasteiger partial charge in [0.05, 0.1) is 11.4 Å². The molecule has 2 rings (SSSR count). The summed E-state index contributed by atoms with van der Waals surface area (Å²) < 4.78 is 25.9. The molecule has 1 amide bonds. The molecule has 2 aromatic carbocycles. The highest BCUT2D eigenvalue weighted by molar-refractivity contribution is 7.90. The number of amides is 1. The average Bonchev–Trinajstić information content (AvgIpc) is 2.50. The van der Waals surface area contributed by atoms with E-state index in [1.807, 2.05) is 16.9 Å². The van der Waals surface area contributed by atoms with Crippen molar-refractivity contribution in [2.75, 3.05) is 6.54 Å². The van der Waals surface area contributed by atoms with Crippen LogP contribution in [0.2, 0.25) is 5.02 Å². The predicted molar refractivity (Wildman–Crippen MR) is 84.9 cm³/mol. The molecule has 0 heterocycles. The van der Waals surface area contributed by atoms with Gasteiger partial charge in [-0.15, -0.1) is 0 Å². The maximum Gasteiger partial charge on any atom is 0.264 e. The zero-order valence-electron chi connectivity index (χ0n) is 11.6. The topological polar surface area (TPSA) is 75.3 Å². The van der Waals surface area contributed by atoms with Crippen LogP contribution in [0, 0.1) is 0 Å². The second kappa shape index (κ2) is 7.40. The number of hydrogen-bond acceptors (Lipinski definition) is 4. The van der Waals surface area contributed by atoms with Gasteiger partial charge in [-0.2, -0.15) is 0 Å². The van der Waals surface area contributed by atoms with Crippen LogP contribution in [-0.2, 0) is 21.4 Å². The Balaban J connectivity index is 1.84. The monoisotopic (exact) mass is 338 g/mol. The number of rotatable bonds is 6. The smallest absolute Gasteiger partial charge is 0.264 e. The fourth-order valence-corrected chi connectivity index (χ4v) is 2.90. The van der Waals surface area contributed by atoms with Crippen molar-refractivity contribution in [1.82, 2.24) is 10.0 Å². The van der Waals surface area contributed by atoms with Gasteiger partial charge in [-0.3, -0.25) is 4.79 Å². The maximum absolute atomic E-state index is 11.9. The molecular weight excluding hydrogens is 324 g/mol. The van der Waals surface area contributed by atoms with Gasteiger partial charge in [0, 0.05) is 11.6 Å². The van der Waals surface area contributed by atoms with E-state index < -0.39 is 15.9 Å². The molecule has 0 atom stereocenters. The van der Waals surface area contributed by atoms with Crippen molar-refractivity contribution in [1.29, 1.82) is 0 Å². The molecule has 7 heteroatoms. The van der Waals surface area contributed by atoms with E-state index >= 15 is 0 Å². The number of sulfonamides is 1. The third-order valence-corrected chi connectivity index (χ3v) is 4.47. The summed E-state index contributed by atoms with van der Waals surface area (Å²) in [7, 11) is -3.82. The first-order valence-electron chi connectivity index (χ1n) is 6.53. The van der Waals surface area contributed by atoms with Crippen LogP contribution >= 0.6 is 11.6 Å². The average molecular weight is 339 g/mol. The van der Waals surface area contributed by atoms with Gasteiger partial charge in [0.15, 0.2) is 0 Å². The molecule has 0 bridgehead atoms. The molecule has 2 N–H and O–H groups in total. The molecule has 0 aliphatic rings. The Morgan fingerprint density at radius 2 is 1.64 bits per heavy atom. The Morgan fingerprint density at radius 3 is 2.27 bits per heavy atom. The summed E-state index contributed by atoms with van der Waals surface area (Å²) in [6.45, 7) is 0.338. The van der Waals surface area contributed by atoms with Crippen LogP contribution in [0.15, 0.2) is 59.5 Å². The van der Waals surface area contributed by atoms with E-state index in [9.17, 15) is 13.2 Å². The maximum atomic E-state index is 11.9. The Labute approximate surface area is 134 Å². The molecule has 116 valence electrons. The minimum atomic E-state index is -3.82. The molecule has 22 heavy (non-hydrogen) atoms. The van der Waals surface area contributed by atoms with Crippen LogP contribution in [0.5, 0.6) is 0 Å². The molecule has 0 radical (unpaired) electrons. The van der Waals surface area contributed by atoms with Crippen LogP contribution in [0.3, 0.4) is 0 Å². The lowest BCUT2D eigenvalue weighted by molar-refractivity contribution is -0.118. The van der Waals surface area contributed by atoms with Crippen molar-refractivity contribution in [3.8, 4) is 0 Å². The highest BCUT2D eigenvalue weighted by atomic mass is 35.5. The third-order valence-electron chi connectivity index (χ3n) is 2.83. The van der Waals surface area contributed by atoms with E-state index in [1.54, 1.807) is 30.3 Å². The fraction of sp³-hybridized carbons (Fsp3) is 0.133. The summed E-state index contributed by atoms with van der Waals surface area (Å²) in [5.41, 5.74) is 0.947. The zero-order valence-corrected chi connectivity index (χ0v) is 13.2. The van der Waals surface area contributed by atoms with Gasteiger partial charge in [0.2, 0.25) is 5.91 Å². The highest BCUT2D eigenvalue weighted by Crippen LogP contribution is 2.09. The normalized spacial score (nSPS) is 11.1. The number of benzene rings is 2. The van der Waals surface area contributed by atoms with Crippen molar-refractivity contribution in [3.63, 3.8) is 0 Å². The lowest BCUT2D eigenvalue weighted by Gasteiger charge is -2.08. The number of carbonyl (C=O) groups is 1. The second-order valence-electron chi connectivity index (χ2n) is 4.57. The minimum Gasteiger partial charge on any atom is -0.304 e. The quantitative estimate of drug-likeness (QED) is 0.844. The van der Waals surface area contributed by atoms with Gasteiger partial charge in [0.1, 0.15) is 0 Å². The first kappa shape index (κ1) is 16.5. The van der Waals surface area contributed by atoms with Crippen LogP contribution in [0.1, 0.15) is 5.56 Å². The lowest BCUT2D eigenvalue weighted by Crippen LogP contribution is -2.37. The molecule has 0 aliphatic carbocycles. The van der Waals surface area contributed by atoms with Crippen LogP contribution in [-0.4, -0.2) is 20.9 Å². The van der Waals surface area contributed by atoms with Crippen molar-refractivity contribution in [2.45, 2.75) is 11.4 Å². The molecule has 0 saturated heterocycles. The zero-order chi connectivity index (χ0) is 16.0. The Hall–Kier alpha value is -1.89. The molecule has 0 aromatic heterocycles. The molecule has 0 fully saturated rings. The SMILES string of the molecule is O=C(CNCc1ccc(Cl)cc1)NS(=O)(=O)c1ccccc1. The van der Waals surface area contributed by atoms with Gasteiger partial charge < -0.3 is 5.32 Å². The molecule has 0 spiro atoms. The van der Waals surface area contributed by atoms with E-state index in [2.05, 4.69) is 5.32 Å². The van der Waals surface area contributed by atoms with E-state index in [-0.39, 0.29) is 11.4 Å². The number of carbonyl (C=O) groups excluding carboxylic acids is 1. The van der Waals surface area contributed by atoms with Gasteiger partial charge >= 0.3 is 0 Å². The fourth-order valence-electron chi connectivity index (χ4n) is 1.77. The third kappa shape index (κ3) is 4.84. The van der Waals surface area contributed by atoms with Gasteiger partial charge in [-0.05, 0) is 29.8 Å².